The first-order valence-electron chi connectivity index (χ1n) is 6.24. The van der Waals surface area contributed by atoms with Crippen molar-refractivity contribution in [2.75, 3.05) is 0 Å². The van der Waals surface area contributed by atoms with Gasteiger partial charge in [0.05, 0.1) is 26.2 Å². The van der Waals surface area contributed by atoms with Crippen LogP contribution in [0, 0.1) is 0 Å². The highest BCUT2D eigenvalue weighted by Crippen LogP contribution is 2.32. The quantitative estimate of drug-likeness (QED) is 0.646. The van der Waals surface area contributed by atoms with Gasteiger partial charge in [0.1, 0.15) is 12.4 Å². The van der Waals surface area contributed by atoms with E-state index in [-0.39, 0.29) is 0 Å². The van der Waals surface area contributed by atoms with Crippen LogP contribution in [0.5, 0.6) is 5.75 Å². The minimum atomic E-state index is 0.418. The maximum atomic E-state index is 5.95. The molecule has 0 aliphatic carbocycles. The van der Waals surface area contributed by atoms with E-state index < -0.39 is 0 Å². The smallest absolute Gasteiger partial charge is 0.138 e. The third-order valence-corrected chi connectivity index (χ3v) is 4.88. The number of aromatic nitrogens is 2. The number of alkyl halides is 1. The molecule has 6 heteroatoms. The SMILES string of the molecule is CCc1nn(C)c(COc2c(Br)cccc2CCl)c1Br. The summed E-state index contributed by atoms with van der Waals surface area (Å²) in [5.74, 6) is 1.20. The highest BCUT2D eigenvalue weighted by atomic mass is 79.9. The van der Waals surface area contributed by atoms with Gasteiger partial charge >= 0.3 is 0 Å². The van der Waals surface area contributed by atoms with Gasteiger partial charge in [-0.2, -0.15) is 5.10 Å². The maximum absolute atomic E-state index is 5.95. The van der Waals surface area contributed by atoms with Gasteiger partial charge in [0.2, 0.25) is 0 Å². The summed E-state index contributed by atoms with van der Waals surface area (Å²) in [6.07, 6.45) is 0.885. The number of halogens is 3. The normalized spacial score (nSPS) is 10.8. The summed E-state index contributed by atoms with van der Waals surface area (Å²) in [4.78, 5) is 0. The Morgan fingerprint density at radius 2 is 2.10 bits per heavy atom. The van der Waals surface area contributed by atoms with E-state index in [2.05, 4.69) is 43.9 Å². The van der Waals surface area contributed by atoms with Crippen LogP contribution in [-0.2, 0) is 26.0 Å². The molecular formula is C14H15Br2ClN2O. The zero-order valence-electron chi connectivity index (χ0n) is 11.3. The van der Waals surface area contributed by atoms with Gasteiger partial charge in [0.25, 0.3) is 0 Å². The lowest BCUT2D eigenvalue weighted by molar-refractivity contribution is 0.290. The van der Waals surface area contributed by atoms with Crippen molar-refractivity contribution in [3.8, 4) is 5.75 Å². The van der Waals surface area contributed by atoms with E-state index in [0.717, 1.165) is 38.1 Å². The molecule has 0 fully saturated rings. The van der Waals surface area contributed by atoms with Crippen LogP contribution in [0.3, 0.4) is 0 Å². The first kappa shape index (κ1) is 15.9. The van der Waals surface area contributed by atoms with E-state index in [4.69, 9.17) is 16.3 Å². The number of aryl methyl sites for hydroxylation is 2. The zero-order chi connectivity index (χ0) is 14.7. The lowest BCUT2D eigenvalue weighted by Gasteiger charge is -2.12. The lowest BCUT2D eigenvalue weighted by atomic mass is 10.2. The van der Waals surface area contributed by atoms with Gasteiger partial charge < -0.3 is 4.74 Å². The van der Waals surface area contributed by atoms with E-state index in [1.165, 1.54) is 0 Å². The second-order valence-corrected chi connectivity index (χ2v) is 6.25. The maximum Gasteiger partial charge on any atom is 0.138 e. The number of para-hydroxylation sites is 1. The molecule has 0 saturated carbocycles. The summed E-state index contributed by atoms with van der Waals surface area (Å²) < 4.78 is 9.71. The molecule has 108 valence electrons. The molecular weight excluding hydrogens is 407 g/mol. The Morgan fingerprint density at radius 3 is 2.70 bits per heavy atom. The molecule has 0 bridgehead atoms. The molecule has 1 aromatic heterocycles. The van der Waals surface area contributed by atoms with Crippen molar-refractivity contribution in [1.29, 1.82) is 0 Å². The summed E-state index contributed by atoms with van der Waals surface area (Å²) in [6, 6.07) is 5.85. The molecule has 1 aromatic carbocycles. The summed E-state index contributed by atoms with van der Waals surface area (Å²) >= 11 is 13.0. The molecule has 0 unspecified atom stereocenters. The Bertz CT molecular complexity index is 613. The van der Waals surface area contributed by atoms with Crippen molar-refractivity contribution in [3.63, 3.8) is 0 Å². The Morgan fingerprint density at radius 1 is 1.35 bits per heavy atom. The number of hydrogen-bond donors (Lipinski definition) is 0. The fourth-order valence-corrected chi connectivity index (χ4v) is 3.40. The Balaban J connectivity index is 2.23. The van der Waals surface area contributed by atoms with E-state index in [9.17, 15) is 0 Å². The van der Waals surface area contributed by atoms with E-state index in [0.29, 0.717) is 12.5 Å². The standard InChI is InChI=1S/C14H15Br2ClN2O/c1-3-11-13(16)12(19(2)18-11)8-20-14-9(7-17)5-4-6-10(14)15/h4-6H,3,7-8H2,1-2H3. The predicted octanol–water partition coefficient (Wildman–Crippen LogP) is 4.83. The van der Waals surface area contributed by atoms with Crippen molar-refractivity contribution >= 4 is 43.5 Å². The highest BCUT2D eigenvalue weighted by Gasteiger charge is 2.14. The number of rotatable bonds is 5. The number of benzene rings is 1. The summed E-state index contributed by atoms with van der Waals surface area (Å²) in [6.45, 7) is 2.52. The summed E-state index contributed by atoms with van der Waals surface area (Å²) in [5, 5.41) is 4.46. The van der Waals surface area contributed by atoms with Crippen LogP contribution in [0.1, 0.15) is 23.9 Å². The molecule has 0 spiro atoms. The van der Waals surface area contributed by atoms with Crippen molar-refractivity contribution in [2.24, 2.45) is 7.05 Å². The summed E-state index contributed by atoms with van der Waals surface area (Å²) in [7, 11) is 1.92. The predicted molar refractivity (Wildman–Crippen MR) is 88.3 cm³/mol. The van der Waals surface area contributed by atoms with Crippen molar-refractivity contribution in [2.45, 2.75) is 25.8 Å². The molecule has 3 nitrogen and oxygen atoms in total. The molecule has 0 N–H and O–H groups in total. The van der Waals surface area contributed by atoms with E-state index in [1.807, 2.05) is 29.9 Å². The fourth-order valence-electron chi connectivity index (χ4n) is 1.94. The van der Waals surface area contributed by atoms with Crippen LogP contribution in [0.25, 0.3) is 0 Å². The van der Waals surface area contributed by atoms with Crippen LogP contribution >= 0.6 is 43.5 Å². The number of hydrogen-bond acceptors (Lipinski definition) is 2. The van der Waals surface area contributed by atoms with E-state index in [1.54, 1.807) is 0 Å². The average molecular weight is 423 g/mol. The molecule has 0 atom stereocenters. The van der Waals surface area contributed by atoms with Gasteiger partial charge in [0.15, 0.2) is 0 Å². The summed E-state index contributed by atoms with van der Waals surface area (Å²) in [5.41, 5.74) is 3.02. The topological polar surface area (TPSA) is 27.1 Å². The third-order valence-electron chi connectivity index (χ3n) is 3.05. The van der Waals surface area contributed by atoms with Gasteiger partial charge in [-0.25, -0.2) is 0 Å². The fraction of sp³-hybridized carbons (Fsp3) is 0.357. The molecule has 20 heavy (non-hydrogen) atoms. The molecule has 0 saturated heterocycles. The lowest BCUT2D eigenvalue weighted by Crippen LogP contribution is -2.05. The molecule has 0 radical (unpaired) electrons. The second-order valence-electron chi connectivity index (χ2n) is 4.33. The Kier molecular flexibility index (Phi) is 5.52. The monoisotopic (exact) mass is 420 g/mol. The van der Waals surface area contributed by atoms with Crippen molar-refractivity contribution < 1.29 is 4.74 Å². The van der Waals surface area contributed by atoms with Crippen LogP contribution in [0.15, 0.2) is 27.1 Å². The zero-order valence-corrected chi connectivity index (χ0v) is 15.2. The Hall–Kier alpha value is -0.520. The van der Waals surface area contributed by atoms with E-state index >= 15 is 0 Å². The minimum absolute atomic E-state index is 0.418. The second kappa shape index (κ2) is 6.96. The van der Waals surface area contributed by atoms with Gasteiger partial charge in [-0.05, 0) is 44.3 Å². The molecule has 0 amide bonds. The van der Waals surface area contributed by atoms with Gasteiger partial charge in [-0.1, -0.05) is 19.1 Å². The highest BCUT2D eigenvalue weighted by molar-refractivity contribution is 9.10. The van der Waals surface area contributed by atoms with Gasteiger partial charge in [-0.3, -0.25) is 4.68 Å². The molecule has 0 aliphatic heterocycles. The number of nitrogens with zero attached hydrogens (tertiary/aromatic N) is 2. The number of ether oxygens (including phenoxy) is 1. The molecule has 1 heterocycles. The van der Waals surface area contributed by atoms with Crippen LogP contribution in [0.2, 0.25) is 0 Å². The third kappa shape index (κ3) is 3.21. The minimum Gasteiger partial charge on any atom is -0.486 e. The van der Waals surface area contributed by atoms with Crippen LogP contribution in [-0.4, -0.2) is 9.78 Å². The molecule has 2 aromatic rings. The molecule has 0 aliphatic rings. The molecule has 2 rings (SSSR count). The first-order valence-corrected chi connectivity index (χ1v) is 8.36. The van der Waals surface area contributed by atoms with Gasteiger partial charge in [0, 0.05) is 12.6 Å². The Labute approximate surface area is 140 Å². The van der Waals surface area contributed by atoms with Gasteiger partial charge in [-0.15, -0.1) is 11.6 Å². The van der Waals surface area contributed by atoms with Crippen LogP contribution in [0.4, 0.5) is 0 Å². The van der Waals surface area contributed by atoms with Crippen molar-refractivity contribution in [3.05, 3.63) is 44.1 Å². The largest absolute Gasteiger partial charge is 0.486 e. The van der Waals surface area contributed by atoms with Crippen molar-refractivity contribution in [1.82, 2.24) is 9.78 Å². The first-order chi connectivity index (χ1) is 9.58. The van der Waals surface area contributed by atoms with Crippen LogP contribution < -0.4 is 4.74 Å². The average Bonchev–Trinajstić information content (AvgIpc) is 2.72.